The quantitative estimate of drug-likeness (QED) is 0.429. The highest BCUT2D eigenvalue weighted by Crippen LogP contribution is 2.47. The Hall–Kier alpha value is -3.76. The summed E-state index contributed by atoms with van der Waals surface area (Å²) in [6, 6.07) is 11.7. The molecule has 4 rings (SSSR count). The van der Waals surface area contributed by atoms with Crippen LogP contribution in [0.2, 0.25) is 0 Å². The maximum Gasteiger partial charge on any atom is 0.416 e. The molecule has 0 fully saturated rings. The number of hydrogen-bond donors (Lipinski definition) is 0. The molecule has 1 aliphatic carbocycles. The van der Waals surface area contributed by atoms with Crippen LogP contribution in [0.4, 0.5) is 23.7 Å². The van der Waals surface area contributed by atoms with Crippen molar-refractivity contribution in [1.29, 1.82) is 10.5 Å². The van der Waals surface area contributed by atoms with Crippen LogP contribution in [0.5, 0.6) is 0 Å². The van der Waals surface area contributed by atoms with E-state index in [0.717, 1.165) is 17.0 Å². The minimum absolute atomic E-state index is 0.0201. The van der Waals surface area contributed by atoms with E-state index in [1.165, 1.54) is 28.8 Å². The van der Waals surface area contributed by atoms with E-state index in [0.29, 0.717) is 21.7 Å². The lowest BCUT2D eigenvalue weighted by atomic mass is 9.92. The number of thioether (sulfide) groups is 1. The molecular weight excluding hydrogens is 465 g/mol. The average molecular weight is 482 g/mol. The van der Waals surface area contributed by atoms with Gasteiger partial charge in [-0.25, -0.2) is 4.79 Å². The normalized spacial score (nSPS) is 18.1. The summed E-state index contributed by atoms with van der Waals surface area (Å²) in [4.78, 5) is 29.7. The molecule has 34 heavy (non-hydrogen) atoms. The topological polar surface area (TPSA) is 88.2 Å². The van der Waals surface area contributed by atoms with Crippen molar-refractivity contribution >= 4 is 29.3 Å². The van der Waals surface area contributed by atoms with Crippen molar-refractivity contribution in [3.8, 4) is 12.1 Å². The van der Waals surface area contributed by atoms with E-state index >= 15 is 0 Å². The number of carbonyl (C=O) groups is 2. The Morgan fingerprint density at radius 2 is 1.88 bits per heavy atom. The Morgan fingerprint density at radius 3 is 2.53 bits per heavy atom. The van der Waals surface area contributed by atoms with Gasteiger partial charge >= 0.3 is 12.2 Å². The molecule has 0 aromatic heterocycles. The summed E-state index contributed by atoms with van der Waals surface area (Å²) in [5.74, 6) is -0.233. The van der Waals surface area contributed by atoms with Gasteiger partial charge in [-0.2, -0.15) is 23.7 Å². The van der Waals surface area contributed by atoms with Crippen molar-refractivity contribution < 1.29 is 22.8 Å². The molecular formula is C24H17F3N4O2S. The molecule has 1 heterocycles. The lowest BCUT2D eigenvalue weighted by Crippen LogP contribution is -2.50. The first kappa shape index (κ1) is 23.4. The number of ketones is 1. The van der Waals surface area contributed by atoms with E-state index in [1.54, 1.807) is 24.5 Å². The zero-order chi connectivity index (χ0) is 24.6. The van der Waals surface area contributed by atoms with E-state index in [9.17, 15) is 33.3 Å². The Kier molecular flexibility index (Phi) is 6.11. The first-order valence-electron chi connectivity index (χ1n) is 10.2. The standard InChI is InChI=1S/C24H17F3N4O2S/c1-34-20-11-14(13-29)5-6-17(20)22-21-18(7-8-19(21)32)31(23(33)30(22)10-9-28)16-4-2-3-15(12-16)24(25,26)27/h2-6,11-12,22H,7-8,10H2,1H3. The highest BCUT2D eigenvalue weighted by atomic mass is 32.2. The van der Waals surface area contributed by atoms with Gasteiger partial charge in [-0.3, -0.25) is 14.6 Å². The van der Waals surface area contributed by atoms with E-state index in [1.807, 2.05) is 6.07 Å². The Balaban J connectivity index is 1.94. The molecule has 1 unspecified atom stereocenters. The van der Waals surface area contributed by atoms with Gasteiger partial charge < -0.3 is 0 Å². The van der Waals surface area contributed by atoms with Gasteiger partial charge in [0.15, 0.2) is 5.78 Å². The molecule has 0 saturated carbocycles. The number of hydrogen-bond acceptors (Lipinski definition) is 5. The fourth-order valence-corrected chi connectivity index (χ4v) is 5.03. The van der Waals surface area contributed by atoms with Gasteiger partial charge in [0.2, 0.25) is 0 Å². The molecule has 0 radical (unpaired) electrons. The summed E-state index contributed by atoms with van der Waals surface area (Å²) in [7, 11) is 0. The van der Waals surface area contributed by atoms with Crippen molar-refractivity contribution in [3.63, 3.8) is 0 Å². The molecule has 2 amide bonds. The van der Waals surface area contributed by atoms with Gasteiger partial charge in [0.1, 0.15) is 6.54 Å². The second kappa shape index (κ2) is 8.88. The third kappa shape index (κ3) is 3.91. The maximum absolute atomic E-state index is 13.6. The molecule has 0 spiro atoms. The summed E-state index contributed by atoms with van der Waals surface area (Å²) in [6.07, 6.45) is -2.52. The number of alkyl halides is 3. The summed E-state index contributed by atoms with van der Waals surface area (Å²) in [5, 5.41) is 18.7. The SMILES string of the molecule is CSc1cc(C#N)ccc1C1C2=C(CCC2=O)N(c2cccc(C(F)(F)F)c2)C(=O)N1CC#N. The summed E-state index contributed by atoms with van der Waals surface area (Å²) in [6.45, 7) is -0.378. The summed E-state index contributed by atoms with van der Waals surface area (Å²) < 4.78 is 40.0. The fraction of sp³-hybridized carbons (Fsp3) is 0.250. The number of Topliss-reactive ketones (excluding diaryl/α,β-unsaturated/α-hetero) is 1. The highest BCUT2D eigenvalue weighted by Gasteiger charge is 2.46. The van der Waals surface area contributed by atoms with E-state index in [2.05, 4.69) is 6.07 Å². The van der Waals surface area contributed by atoms with Crippen molar-refractivity contribution in [3.05, 3.63) is 70.4 Å². The van der Waals surface area contributed by atoms with Gasteiger partial charge in [0.25, 0.3) is 0 Å². The Bertz CT molecular complexity index is 1310. The number of rotatable bonds is 4. The molecule has 0 bridgehead atoms. The predicted molar refractivity (Wildman–Crippen MR) is 119 cm³/mol. The number of allylic oxidation sites excluding steroid dienone is 1. The smallest absolute Gasteiger partial charge is 0.299 e. The largest absolute Gasteiger partial charge is 0.416 e. The molecule has 10 heteroatoms. The Morgan fingerprint density at radius 1 is 1.12 bits per heavy atom. The highest BCUT2D eigenvalue weighted by molar-refractivity contribution is 7.98. The number of nitriles is 2. The van der Waals surface area contributed by atoms with Crippen LogP contribution in [0.25, 0.3) is 0 Å². The third-order valence-corrected chi connectivity index (χ3v) is 6.62. The van der Waals surface area contributed by atoms with Crippen molar-refractivity contribution in [1.82, 2.24) is 4.90 Å². The van der Waals surface area contributed by atoms with Crippen LogP contribution in [-0.2, 0) is 11.0 Å². The zero-order valence-corrected chi connectivity index (χ0v) is 18.7. The molecule has 172 valence electrons. The molecule has 2 aliphatic rings. The Labute approximate surface area is 197 Å². The lowest BCUT2D eigenvalue weighted by Gasteiger charge is -2.41. The van der Waals surface area contributed by atoms with Gasteiger partial charge in [-0.1, -0.05) is 12.1 Å². The van der Waals surface area contributed by atoms with Gasteiger partial charge in [0.05, 0.1) is 35.0 Å². The number of urea groups is 1. The minimum atomic E-state index is -4.61. The fourth-order valence-electron chi connectivity index (χ4n) is 4.37. The second-order valence-electron chi connectivity index (χ2n) is 7.71. The molecule has 1 aliphatic heterocycles. The van der Waals surface area contributed by atoms with E-state index < -0.39 is 23.8 Å². The van der Waals surface area contributed by atoms with Crippen LogP contribution in [-0.4, -0.2) is 29.5 Å². The van der Waals surface area contributed by atoms with Gasteiger partial charge in [-0.05, 0) is 48.6 Å². The minimum Gasteiger partial charge on any atom is -0.299 e. The van der Waals surface area contributed by atoms with Crippen LogP contribution in [0.15, 0.2) is 58.6 Å². The van der Waals surface area contributed by atoms with Crippen LogP contribution in [0.3, 0.4) is 0 Å². The maximum atomic E-state index is 13.6. The monoisotopic (exact) mass is 482 g/mol. The summed E-state index contributed by atoms with van der Waals surface area (Å²) >= 11 is 1.33. The summed E-state index contributed by atoms with van der Waals surface area (Å²) in [5.41, 5.74) is 0.668. The van der Waals surface area contributed by atoms with E-state index in [-0.39, 0.29) is 36.4 Å². The van der Waals surface area contributed by atoms with Crippen LogP contribution in [0, 0.1) is 22.7 Å². The van der Waals surface area contributed by atoms with Crippen LogP contribution >= 0.6 is 11.8 Å². The van der Waals surface area contributed by atoms with Gasteiger partial charge in [0, 0.05) is 22.6 Å². The average Bonchev–Trinajstić information content (AvgIpc) is 3.19. The number of anilines is 1. The number of amides is 2. The van der Waals surface area contributed by atoms with Crippen molar-refractivity contribution in [2.24, 2.45) is 0 Å². The molecule has 6 nitrogen and oxygen atoms in total. The van der Waals surface area contributed by atoms with Gasteiger partial charge in [-0.15, -0.1) is 11.8 Å². The molecule has 1 atom stereocenters. The van der Waals surface area contributed by atoms with Crippen molar-refractivity contribution in [2.75, 3.05) is 17.7 Å². The van der Waals surface area contributed by atoms with E-state index in [4.69, 9.17) is 0 Å². The van der Waals surface area contributed by atoms with Crippen LogP contribution in [0.1, 0.15) is 35.6 Å². The van der Waals surface area contributed by atoms with Crippen LogP contribution < -0.4 is 4.90 Å². The second-order valence-corrected chi connectivity index (χ2v) is 8.55. The predicted octanol–water partition coefficient (Wildman–Crippen LogP) is 5.42. The third-order valence-electron chi connectivity index (χ3n) is 5.82. The number of benzene rings is 2. The first-order chi connectivity index (χ1) is 16.2. The zero-order valence-electron chi connectivity index (χ0n) is 17.9. The number of nitrogens with zero attached hydrogens (tertiary/aromatic N) is 4. The first-order valence-corrected chi connectivity index (χ1v) is 11.4. The molecule has 0 N–H and O–H groups in total. The number of halogens is 3. The lowest BCUT2D eigenvalue weighted by molar-refractivity contribution is -0.137. The molecule has 0 saturated heterocycles. The molecule has 2 aromatic carbocycles. The van der Waals surface area contributed by atoms with Crippen molar-refractivity contribution in [2.45, 2.75) is 30.0 Å². The molecule has 2 aromatic rings. The number of carbonyl (C=O) groups excluding carboxylic acids is 2.